The Kier molecular flexibility index (Phi) is 5.82. The molecule has 0 aliphatic carbocycles. The minimum absolute atomic E-state index is 0.0779. The lowest BCUT2D eigenvalue weighted by atomic mass is 10.1. The summed E-state index contributed by atoms with van der Waals surface area (Å²) in [6.07, 6.45) is 0. The van der Waals surface area contributed by atoms with Crippen molar-refractivity contribution in [2.45, 2.75) is 33.4 Å². The van der Waals surface area contributed by atoms with E-state index in [9.17, 15) is 4.79 Å². The molecule has 1 N–H and O–H groups in total. The van der Waals surface area contributed by atoms with Crippen LogP contribution in [0.15, 0.2) is 29.3 Å². The van der Waals surface area contributed by atoms with E-state index in [1.165, 1.54) is 5.56 Å². The van der Waals surface area contributed by atoms with Crippen molar-refractivity contribution in [2.75, 3.05) is 18.8 Å². The van der Waals surface area contributed by atoms with Gasteiger partial charge in [-0.05, 0) is 38.1 Å². The Bertz CT molecular complexity index is 511. The first-order valence-corrected chi connectivity index (χ1v) is 8.40. The molecule has 4 nitrogen and oxygen atoms in total. The molecule has 1 aromatic rings. The first-order valence-electron chi connectivity index (χ1n) is 7.41. The van der Waals surface area contributed by atoms with Gasteiger partial charge in [0.1, 0.15) is 0 Å². The number of hydrogen-bond donors (Lipinski definition) is 1. The SMILES string of the molecule is CCN(Cc1ccc(C(=O)NC2=NCCS2)cc1)C(C)C. The van der Waals surface area contributed by atoms with Gasteiger partial charge in [0.2, 0.25) is 0 Å². The Hall–Kier alpha value is -1.33. The molecule has 1 aliphatic rings. The van der Waals surface area contributed by atoms with Crippen LogP contribution in [0.4, 0.5) is 0 Å². The van der Waals surface area contributed by atoms with Crippen molar-refractivity contribution < 1.29 is 4.79 Å². The van der Waals surface area contributed by atoms with E-state index in [0.29, 0.717) is 11.6 Å². The van der Waals surface area contributed by atoms with E-state index in [1.54, 1.807) is 11.8 Å². The lowest BCUT2D eigenvalue weighted by molar-refractivity contribution is 0.0978. The summed E-state index contributed by atoms with van der Waals surface area (Å²) in [7, 11) is 0. The van der Waals surface area contributed by atoms with E-state index in [1.807, 2.05) is 24.3 Å². The van der Waals surface area contributed by atoms with Crippen molar-refractivity contribution in [1.82, 2.24) is 10.2 Å². The van der Waals surface area contributed by atoms with Crippen LogP contribution in [0.5, 0.6) is 0 Å². The van der Waals surface area contributed by atoms with Gasteiger partial charge in [-0.3, -0.25) is 14.7 Å². The average Bonchev–Trinajstić information content (AvgIpc) is 2.98. The van der Waals surface area contributed by atoms with Crippen molar-refractivity contribution in [2.24, 2.45) is 4.99 Å². The Labute approximate surface area is 131 Å². The van der Waals surface area contributed by atoms with Crippen molar-refractivity contribution in [3.05, 3.63) is 35.4 Å². The quantitative estimate of drug-likeness (QED) is 0.910. The molecular formula is C16H23N3OS. The highest BCUT2D eigenvalue weighted by Crippen LogP contribution is 2.12. The van der Waals surface area contributed by atoms with Crippen LogP contribution in [-0.4, -0.2) is 40.9 Å². The number of carbonyl (C=O) groups excluding carboxylic acids is 1. The van der Waals surface area contributed by atoms with Gasteiger partial charge in [-0.15, -0.1) is 0 Å². The smallest absolute Gasteiger partial charge is 0.257 e. The zero-order valence-corrected chi connectivity index (χ0v) is 13.7. The van der Waals surface area contributed by atoms with E-state index >= 15 is 0 Å². The highest BCUT2D eigenvalue weighted by molar-refractivity contribution is 8.14. The lowest BCUT2D eigenvalue weighted by Gasteiger charge is -2.24. The van der Waals surface area contributed by atoms with Gasteiger partial charge in [0, 0.05) is 23.9 Å². The van der Waals surface area contributed by atoms with E-state index < -0.39 is 0 Å². The highest BCUT2D eigenvalue weighted by Gasteiger charge is 2.13. The predicted molar refractivity (Wildman–Crippen MR) is 89.9 cm³/mol. The Morgan fingerprint density at radius 3 is 2.62 bits per heavy atom. The van der Waals surface area contributed by atoms with Crippen molar-refractivity contribution in [3.8, 4) is 0 Å². The molecular weight excluding hydrogens is 282 g/mol. The fraction of sp³-hybridized carbons (Fsp3) is 0.500. The number of rotatable bonds is 5. The Balaban J connectivity index is 1.96. The van der Waals surface area contributed by atoms with Gasteiger partial charge in [0.05, 0.1) is 6.54 Å². The summed E-state index contributed by atoms with van der Waals surface area (Å²) in [4.78, 5) is 18.7. The molecule has 0 unspecified atom stereocenters. The second kappa shape index (κ2) is 7.61. The van der Waals surface area contributed by atoms with Crippen LogP contribution in [0.2, 0.25) is 0 Å². The maximum atomic E-state index is 12.1. The average molecular weight is 305 g/mol. The Morgan fingerprint density at radius 1 is 1.38 bits per heavy atom. The molecule has 2 rings (SSSR count). The topological polar surface area (TPSA) is 44.7 Å². The molecule has 0 fully saturated rings. The molecule has 21 heavy (non-hydrogen) atoms. The van der Waals surface area contributed by atoms with E-state index in [0.717, 1.165) is 30.6 Å². The monoisotopic (exact) mass is 305 g/mol. The van der Waals surface area contributed by atoms with E-state index in [2.05, 4.69) is 36.0 Å². The molecule has 0 saturated carbocycles. The number of nitrogens with one attached hydrogen (secondary N) is 1. The van der Waals surface area contributed by atoms with Crippen LogP contribution in [0.3, 0.4) is 0 Å². The summed E-state index contributed by atoms with van der Waals surface area (Å²) < 4.78 is 0. The summed E-state index contributed by atoms with van der Waals surface area (Å²) in [5, 5.41) is 3.59. The maximum Gasteiger partial charge on any atom is 0.257 e. The van der Waals surface area contributed by atoms with E-state index in [-0.39, 0.29) is 5.91 Å². The molecule has 1 heterocycles. The number of hydrogen-bond acceptors (Lipinski definition) is 4. The zero-order chi connectivity index (χ0) is 15.2. The lowest BCUT2D eigenvalue weighted by Crippen LogP contribution is -2.30. The molecule has 5 heteroatoms. The first kappa shape index (κ1) is 16.0. The summed E-state index contributed by atoms with van der Waals surface area (Å²) in [5.41, 5.74) is 1.91. The maximum absolute atomic E-state index is 12.1. The van der Waals surface area contributed by atoms with Gasteiger partial charge in [-0.2, -0.15) is 0 Å². The summed E-state index contributed by atoms with van der Waals surface area (Å²) in [6.45, 7) is 9.30. The molecule has 0 spiro atoms. The molecule has 0 aromatic heterocycles. The van der Waals surface area contributed by atoms with Crippen LogP contribution in [0.1, 0.15) is 36.7 Å². The first-order chi connectivity index (χ1) is 10.1. The van der Waals surface area contributed by atoms with Gasteiger partial charge in [-0.1, -0.05) is 30.8 Å². The minimum Gasteiger partial charge on any atom is -0.301 e. The number of amidine groups is 1. The van der Waals surface area contributed by atoms with Gasteiger partial charge in [0.25, 0.3) is 5.91 Å². The number of carbonyl (C=O) groups is 1. The van der Waals surface area contributed by atoms with Gasteiger partial charge >= 0.3 is 0 Å². The molecule has 0 atom stereocenters. The van der Waals surface area contributed by atoms with Crippen LogP contribution < -0.4 is 5.32 Å². The summed E-state index contributed by atoms with van der Waals surface area (Å²) >= 11 is 1.59. The Morgan fingerprint density at radius 2 is 2.10 bits per heavy atom. The van der Waals surface area contributed by atoms with Crippen LogP contribution >= 0.6 is 11.8 Å². The molecule has 114 valence electrons. The van der Waals surface area contributed by atoms with Crippen molar-refractivity contribution in [3.63, 3.8) is 0 Å². The largest absolute Gasteiger partial charge is 0.301 e. The summed E-state index contributed by atoms with van der Waals surface area (Å²) in [6, 6.07) is 8.36. The fourth-order valence-corrected chi connectivity index (χ4v) is 2.96. The molecule has 1 aliphatic heterocycles. The predicted octanol–water partition coefficient (Wildman–Crippen LogP) is 2.75. The van der Waals surface area contributed by atoms with Crippen LogP contribution in [0, 0.1) is 0 Å². The van der Waals surface area contributed by atoms with Gasteiger partial charge in [-0.25, -0.2) is 0 Å². The normalized spacial score (nSPS) is 14.6. The molecule has 0 saturated heterocycles. The second-order valence-electron chi connectivity index (χ2n) is 5.34. The van der Waals surface area contributed by atoms with E-state index in [4.69, 9.17) is 0 Å². The van der Waals surface area contributed by atoms with Crippen molar-refractivity contribution >= 4 is 22.8 Å². The molecule has 0 radical (unpaired) electrons. The minimum atomic E-state index is -0.0779. The molecule has 0 bridgehead atoms. The van der Waals surface area contributed by atoms with Gasteiger partial charge < -0.3 is 5.32 Å². The number of nitrogens with zero attached hydrogens (tertiary/aromatic N) is 2. The third kappa shape index (κ3) is 4.58. The van der Waals surface area contributed by atoms with Crippen LogP contribution in [-0.2, 0) is 6.54 Å². The second-order valence-corrected chi connectivity index (χ2v) is 6.43. The number of amides is 1. The molecule has 1 aromatic carbocycles. The third-order valence-corrected chi connectivity index (χ3v) is 4.44. The highest BCUT2D eigenvalue weighted by atomic mass is 32.2. The van der Waals surface area contributed by atoms with Gasteiger partial charge in [0.15, 0.2) is 5.17 Å². The zero-order valence-electron chi connectivity index (χ0n) is 12.9. The standard InChI is InChI=1S/C16H23N3OS/c1-4-19(12(2)3)11-13-5-7-14(8-6-13)15(20)18-16-17-9-10-21-16/h5-8,12H,4,9-11H2,1-3H3,(H,17,18,20). The third-order valence-electron chi connectivity index (χ3n) is 3.54. The number of aliphatic imine (C=N–C) groups is 1. The summed E-state index contributed by atoms with van der Waals surface area (Å²) in [5.74, 6) is 0.877. The molecule has 1 amide bonds. The van der Waals surface area contributed by atoms with Crippen molar-refractivity contribution in [1.29, 1.82) is 0 Å². The number of benzene rings is 1. The van der Waals surface area contributed by atoms with Crippen LogP contribution in [0.25, 0.3) is 0 Å². The fourth-order valence-electron chi connectivity index (χ4n) is 2.24. The number of thioether (sulfide) groups is 1.